The fraction of sp³-hybridized carbons (Fsp3) is 0.400. The third kappa shape index (κ3) is 2.88. The molecule has 1 saturated heterocycles. The Balaban J connectivity index is 1.61. The van der Waals surface area contributed by atoms with Crippen molar-refractivity contribution >= 4 is 17.3 Å². The average molecular weight is 321 g/mol. The minimum atomic E-state index is 0.0634. The van der Waals surface area contributed by atoms with Crippen molar-refractivity contribution in [2.75, 3.05) is 29.4 Å². The number of nitrogens with zero attached hydrogens (tertiary/aromatic N) is 3. The fourth-order valence-corrected chi connectivity index (χ4v) is 3.77. The van der Waals surface area contributed by atoms with Crippen molar-refractivity contribution in [2.45, 2.75) is 32.1 Å². The molecule has 0 aliphatic carbocycles. The number of hydrogen-bond donors (Lipinski definition) is 0. The third-order valence-electron chi connectivity index (χ3n) is 5.05. The van der Waals surface area contributed by atoms with Gasteiger partial charge in [-0.3, -0.25) is 9.78 Å². The maximum absolute atomic E-state index is 13.1. The van der Waals surface area contributed by atoms with Crippen molar-refractivity contribution < 1.29 is 4.79 Å². The van der Waals surface area contributed by atoms with Crippen LogP contribution in [0.15, 0.2) is 42.7 Å². The summed E-state index contributed by atoms with van der Waals surface area (Å²) in [6.07, 6.45) is 9.38. The first kappa shape index (κ1) is 15.2. The first-order valence-electron chi connectivity index (χ1n) is 8.93. The second-order valence-electron chi connectivity index (χ2n) is 6.67. The van der Waals surface area contributed by atoms with Gasteiger partial charge in [0.2, 0.25) is 0 Å². The van der Waals surface area contributed by atoms with Crippen LogP contribution >= 0.6 is 0 Å². The molecular weight excluding hydrogens is 298 g/mol. The fourth-order valence-electron chi connectivity index (χ4n) is 3.77. The van der Waals surface area contributed by atoms with Gasteiger partial charge in [-0.15, -0.1) is 0 Å². The van der Waals surface area contributed by atoms with Gasteiger partial charge in [0.05, 0.1) is 17.4 Å². The van der Waals surface area contributed by atoms with E-state index in [4.69, 9.17) is 0 Å². The molecular formula is C20H23N3O. The minimum absolute atomic E-state index is 0.0634. The van der Waals surface area contributed by atoms with Crippen molar-refractivity contribution in [1.29, 1.82) is 0 Å². The van der Waals surface area contributed by atoms with Crippen LogP contribution in [0, 0.1) is 0 Å². The Morgan fingerprint density at radius 2 is 1.79 bits per heavy atom. The summed E-state index contributed by atoms with van der Waals surface area (Å²) in [5, 5.41) is 0. The maximum Gasteiger partial charge on any atom is 0.259 e. The Bertz CT molecular complexity index is 737. The maximum atomic E-state index is 13.1. The quantitative estimate of drug-likeness (QED) is 0.847. The van der Waals surface area contributed by atoms with Crippen LogP contribution in [0.2, 0.25) is 0 Å². The van der Waals surface area contributed by atoms with E-state index in [9.17, 15) is 4.79 Å². The van der Waals surface area contributed by atoms with Gasteiger partial charge >= 0.3 is 0 Å². The topological polar surface area (TPSA) is 36.4 Å². The summed E-state index contributed by atoms with van der Waals surface area (Å²) in [6, 6.07) is 10.2. The van der Waals surface area contributed by atoms with Gasteiger partial charge in [-0.05, 0) is 49.8 Å². The van der Waals surface area contributed by atoms with E-state index in [1.807, 2.05) is 35.4 Å². The molecule has 24 heavy (non-hydrogen) atoms. The molecule has 0 bridgehead atoms. The molecule has 4 heteroatoms. The van der Waals surface area contributed by atoms with Crippen molar-refractivity contribution in [2.24, 2.45) is 0 Å². The van der Waals surface area contributed by atoms with Gasteiger partial charge in [-0.1, -0.05) is 18.2 Å². The number of benzene rings is 1. The summed E-state index contributed by atoms with van der Waals surface area (Å²) in [4.78, 5) is 21.7. The molecule has 1 fully saturated rings. The van der Waals surface area contributed by atoms with Crippen molar-refractivity contribution in [3.8, 4) is 0 Å². The Kier molecular flexibility index (Phi) is 4.20. The van der Waals surface area contributed by atoms with E-state index in [2.05, 4.69) is 16.0 Å². The van der Waals surface area contributed by atoms with Gasteiger partial charge in [0.1, 0.15) is 0 Å². The number of carbonyl (C=O) groups is 1. The van der Waals surface area contributed by atoms with Gasteiger partial charge < -0.3 is 9.80 Å². The Labute approximate surface area is 143 Å². The number of fused-ring (bicyclic) bond motifs is 1. The zero-order valence-electron chi connectivity index (χ0n) is 13.9. The van der Waals surface area contributed by atoms with Crippen molar-refractivity contribution in [3.05, 3.63) is 53.9 Å². The van der Waals surface area contributed by atoms with Crippen LogP contribution in [0.5, 0.6) is 0 Å². The number of anilines is 2. The third-order valence-corrected chi connectivity index (χ3v) is 5.05. The Morgan fingerprint density at radius 3 is 2.67 bits per heavy atom. The summed E-state index contributed by atoms with van der Waals surface area (Å²) >= 11 is 0. The Hall–Kier alpha value is -2.36. The van der Waals surface area contributed by atoms with Gasteiger partial charge in [-0.25, -0.2) is 0 Å². The van der Waals surface area contributed by atoms with Crippen LogP contribution in [0.25, 0.3) is 0 Å². The highest BCUT2D eigenvalue weighted by molar-refractivity contribution is 6.07. The predicted octanol–water partition coefficient (Wildman–Crippen LogP) is 3.66. The van der Waals surface area contributed by atoms with E-state index in [0.717, 1.165) is 43.9 Å². The number of rotatable bonds is 2. The zero-order valence-corrected chi connectivity index (χ0v) is 13.9. The Morgan fingerprint density at radius 1 is 0.958 bits per heavy atom. The van der Waals surface area contributed by atoms with Gasteiger partial charge in [-0.2, -0.15) is 0 Å². The molecule has 1 aromatic carbocycles. The van der Waals surface area contributed by atoms with E-state index in [-0.39, 0.29) is 5.91 Å². The monoisotopic (exact) mass is 321 g/mol. The molecule has 3 heterocycles. The van der Waals surface area contributed by atoms with Crippen LogP contribution < -0.4 is 9.80 Å². The first-order chi connectivity index (χ1) is 11.8. The van der Waals surface area contributed by atoms with E-state index in [0.29, 0.717) is 5.56 Å². The van der Waals surface area contributed by atoms with E-state index >= 15 is 0 Å². The molecule has 0 unspecified atom stereocenters. The van der Waals surface area contributed by atoms with Crippen molar-refractivity contribution in [1.82, 2.24) is 4.98 Å². The highest BCUT2D eigenvalue weighted by Crippen LogP contribution is 2.29. The van der Waals surface area contributed by atoms with E-state index in [1.54, 1.807) is 6.20 Å². The number of piperidine rings is 1. The van der Waals surface area contributed by atoms with Gasteiger partial charge in [0.25, 0.3) is 5.91 Å². The summed E-state index contributed by atoms with van der Waals surface area (Å²) < 4.78 is 0. The lowest BCUT2D eigenvalue weighted by molar-refractivity contribution is 0.0985. The number of carbonyl (C=O) groups excluding carboxylic acids is 1. The summed E-state index contributed by atoms with van der Waals surface area (Å²) in [6.45, 7) is 2.90. The minimum Gasteiger partial charge on any atom is -0.370 e. The molecule has 124 valence electrons. The molecule has 1 amide bonds. The smallest absolute Gasteiger partial charge is 0.259 e. The number of pyridine rings is 1. The second-order valence-corrected chi connectivity index (χ2v) is 6.67. The number of aromatic nitrogens is 1. The molecule has 0 saturated carbocycles. The summed E-state index contributed by atoms with van der Waals surface area (Å²) in [5.74, 6) is 0.0634. The standard InChI is InChI=1S/C20H23N3O/c24-20(23-12-6-8-16-7-2-3-9-19(16)23)17-13-18(15-21-14-17)22-10-4-1-5-11-22/h2-3,7,9,13-15H,1,4-6,8,10-12H2. The highest BCUT2D eigenvalue weighted by Gasteiger charge is 2.24. The zero-order chi connectivity index (χ0) is 16.4. The molecule has 4 nitrogen and oxygen atoms in total. The van der Waals surface area contributed by atoms with Gasteiger partial charge in [0.15, 0.2) is 0 Å². The molecule has 0 N–H and O–H groups in total. The molecule has 0 atom stereocenters. The van der Waals surface area contributed by atoms with Crippen LogP contribution in [0.1, 0.15) is 41.6 Å². The van der Waals surface area contributed by atoms with Crippen LogP contribution in [-0.4, -0.2) is 30.5 Å². The number of hydrogen-bond acceptors (Lipinski definition) is 3. The molecule has 4 rings (SSSR count). The molecule has 0 radical (unpaired) electrons. The van der Waals surface area contributed by atoms with Gasteiger partial charge in [0, 0.05) is 31.5 Å². The highest BCUT2D eigenvalue weighted by atomic mass is 16.2. The lowest BCUT2D eigenvalue weighted by Gasteiger charge is -2.31. The largest absolute Gasteiger partial charge is 0.370 e. The summed E-state index contributed by atoms with van der Waals surface area (Å²) in [7, 11) is 0. The van der Waals surface area contributed by atoms with Crippen molar-refractivity contribution in [3.63, 3.8) is 0 Å². The average Bonchev–Trinajstić information content (AvgIpc) is 2.68. The SMILES string of the molecule is O=C(c1cncc(N2CCCCC2)c1)N1CCCc2ccccc21. The molecule has 0 spiro atoms. The van der Waals surface area contributed by atoms with Crippen LogP contribution in [0.3, 0.4) is 0 Å². The molecule has 2 aliphatic rings. The summed E-state index contributed by atoms with van der Waals surface area (Å²) in [5.41, 5.74) is 4.08. The molecule has 2 aromatic rings. The lowest BCUT2D eigenvalue weighted by Crippen LogP contribution is -2.36. The van der Waals surface area contributed by atoms with Crippen LogP contribution in [-0.2, 0) is 6.42 Å². The van der Waals surface area contributed by atoms with Crippen LogP contribution in [0.4, 0.5) is 11.4 Å². The normalized spacial score (nSPS) is 17.5. The first-order valence-corrected chi connectivity index (χ1v) is 8.93. The number of para-hydroxylation sites is 1. The molecule has 2 aliphatic heterocycles. The van der Waals surface area contributed by atoms with E-state index in [1.165, 1.54) is 24.8 Å². The number of aryl methyl sites for hydroxylation is 1. The lowest BCUT2D eigenvalue weighted by atomic mass is 10.0. The number of amides is 1. The predicted molar refractivity (Wildman–Crippen MR) is 96.7 cm³/mol. The second kappa shape index (κ2) is 6.63. The van der Waals surface area contributed by atoms with E-state index < -0.39 is 0 Å². The molecule has 1 aromatic heterocycles.